The summed E-state index contributed by atoms with van der Waals surface area (Å²) in [6.07, 6.45) is 10.9. The number of fused-ring (bicyclic) bond motifs is 1. The maximum absolute atomic E-state index is 5.35. The summed E-state index contributed by atoms with van der Waals surface area (Å²) in [5, 5.41) is 12.4. The molecule has 7 heteroatoms. The summed E-state index contributed by atoms with van der Waals surface area (Å²) in [5.74, 6) is 6.02. The molecule has 0 aliphatic heterocycles. The number of hydrogen-bond acceptors (Lipinski definition) is 4. The number of nitrogens with two attached hydrogens (primary N) is 1. The van der Waals surface area contributed by atoms with Crippen molar-refractivity contribution >= 4 is 22.4 Å². The molecule has 0 unspecified atom stereocenters. The summed E-state index contributed by atoms with van der Waals surface area (Å²) >= 11 is 0. The molecule has 4 N–H and O–H groups in total. The number of nitrogens with zero attached hydrogens (tertiary/aromatic N) is 4. The number of aromatic nitrogens is 2. The van der Waals surface area contributed by atoms with E-state index in [0.29, 0.717) is 5.84 Å². The van der Waals surface area contributed by atoms with Crippen LogP contribution in [-0.2, 0) is 12.8 Å². The zero-order valence-electron chi connectivity index (χ0n) is 23.5. The van der Waals surface area contributed by atoms with Gasteiger partial charge in [0.2, 0.25) is 0 Å². The van der Waals surface area contributed by atoms with Gasteiger partial charge >= 0.3 is 0 Å². The number of H-pyrrole nitrogens is 1. The fraction of sp³-hybridized carbons (Fsp3) is 0.375. The number of aromatic amines is 1. The van der Waals surface area contributed by atoms with E-state index in [2.05, 4.69) is 82.8 Å². The average Bonchev–Trinajstić information content (AvgIpc) is 3.29. The Kier molecular flexibility index (Phi) is 10.4. The third kappa shape index (κ3) is 8.07. The van der Waals surface area contributed by atoms with Crippen LogP contribution >= 0.6 is 0 Å². The van der Waals surface area contributed by atoms with Crippen LogP contribution < -0.4 is 11.2 Å². The first-order valence-corrected chi connectivity index (χ1v) is 14.1. The lowest BCUT2D eigenvalue weighted by atomic mass is 9.99. The highest BCUT2D eigenvalue weighted by molar-refractivity contribution is 5.94. The van der Waals surface area contributed by atoms with Gasteiger partial charge in [0, 0.05) is 35.4 Å². The molecule has 0 aliphatic rings. The molecule has 7 nitrogen and oxygen atoms in total. The highest BCUT2D eigenvalue weighted by Gasteiger charge is 2.15. The molecule has 2 aromatic carbocycles. The Morgan fingerprint density at radius 3 is 2.56 bits per heavy atom. The van der Waals surface area contributed by atoms with Crippen molar-refractivity contribution in [2.24, 2.45) is 21.2 Å². The molecule has 0 fully saturated rings. The largest absolute Gasteiger partial charge is 0.354 e. The van der Waals surface area contributed by atoms with E-state index >= 15 is 0 Å². The minimum absolute atomic E-state index is 0.665. The summed E-state index contributed by atoms with van der Waals surface area (Å²) in [6, 6.07) is 17.2. The number of pyridine rings is 1. The second-order valence-corrected chi connectivity index (χ2v) is 10.3. The minimum atomic E-state index is 0.665. The van der Waals surface area contributed by atoms with Crippen LogP contribution in [0.3, 0.4) is 0 Å². The number of aliphatic imine (C=N–C) groups is 1. The summed E-state index contributed by atoms with van der Waals surface area (Å²) < 4.78 is 0. The van der Waals surface area contributed by atoms with Crippen LogP contribution in [0.15, 0.2) is 76.3 Å². The normalized spacial score (nSPS) is 12.1. The van der Waals surface area contributed by atoms with Crippen LogP contribution in [0.2, 0.25) is 0 Å². The molecule has 2 heterocycles. The fourth-order valence-electron chi connectivity index (χ4n) is 5.07. The molecule has 2 aromatic heterocycles. The highest BCUT2D eigenvalue weighted by atomic mass is 15.3. The Morgan fingerprint density at radius 2 is 1.82 bits per heavy atom. The van der Waals surface area contributed by atoms with Gasteiger partial charge in [-0.3, -0.25) is 4.98 Å². The van der Waals surface area contributed by atoms with E-state index in [9.17, 15) is 0 Å². The minimum Gasteiger partial charge on any atom is -0.354 e. The van der Waals surface area contributed by atoms with Gasteiger partial charge in [0.15, 0.2) is 5.84 Å². The summed E-state index contributed by atoms with van der Waals surface area (Å²) in [4.78, 5) is 12.7. The predicted molar refractivity (Wildman–Crippen MR) is 163 cm³/mol. The Hall–Kier alpha value is -3.84. The van der Waals surface area contributed by atoms with Gasteiger partial charge in [-0.1, -0.05) is 41.8 Å². The Balaban J connectivity index is 1.53. The monoisotopic (exact) mass is 523 g/mol. The quantitative estimate of drug-likeness (QED) is 0.0421. The summed E-state index contributed by atoms with van der Waals surface area (Å²) in [5.41, 5.74) is 9.54. The van der Waals surface area contributed by atoms with Gasteiger partial charge in [-0.15, -0.1) is 5.11 Å². The third-order valence-electron chi connectivity index (χ3n) is 6.93. The molecule has 39 heavy (non-hydrogen) atoms. The van der Waals surface area contributed by atoms with Crippen LogP contribution in [0.5, 0.6) is 0 Å². The molecule has 0 bridgehead atoms. The van der Waals surface area contributed by atoms with Gasteiger partial charge < -0.3 is 16.1 Å². The van der Waals surface area contributed by atoms with E-state index in [4.69, 9.17) is 10.8 Å². The van der Waals surface area contributed by atoms with Crippen LogP contribution in [0, 0.1) is 13.8 Å². The number of unbranched alkanes of at least 4 members (excludes halogenated alkanes) is 2. The topological polar surface area (TPSA) is 104 Å². The lowest BCUT2D eigenvalue weighted by molar-refractivity contribution is 0.623. The molecule has 4 rings (SSSR count). The van der Waals surface area contributed by atoms with Gasteiger partial charge in [-0.05, 0) is 112 Å². The zero-order valence-corrected chi connectivity index (χ0v) is 23.5. The van der Waals surface area contributed by atoms with E-state index in [-0.39, 0.29) is 0 Å². The van der Waals surface area contributed by atoms with Crippen LogP contribution in [0.1, 0.15) is 61.3 Å². The molecule has 0 saturated carbocycles. The second kappa shape index (κ2) is 14.4. The average molecular weight is 524 g/mol. The molecule has 0 atom stereocenters. The summed E-state index contributed by atoms with van der Waals surface area (Å²) in [6.45, 7) is 8.37. The number of aryl methyl sites for hydroxylation is 3. The lowest BCUT2D eigenvalue weighted by Gasteiger charge is -2.09. The highest BCUT2D eigenvalue weighted by Crippen LogP contribution is 2.34. The Labute approximate surface area is 232 Å². The van der Waals surface area contributed by atoms with Crippen molar-refractivity contribution in [3.05, 3.63) is 83.2 Å². The molecule has 0 spiro atoms. The van der Waals surface area contributed by atoms with Crippen molar-refractivity contribution in [1.82, 2.24) is 15.3 Å². The molecule has 0 saturated heterocycles. The van der Waals surface area contributed by atoms with Gasteiger partial charge in [-0.25, -0.2) is 4.99 Å². The van der Waals surface area contributed by atoms with Crippen molar-refractivity contribution in [2.45, 2.75) is 65.7 Å². The SMILES string of the molecule is CCCCC(N=NN)=Nc1ccc2[nH]c(-c3cc(C)cc(C)c3)c(CCNCCCCc3cccnc3)c2c1. The van der Waals surface area contributed by atoms with Crippen molar-refractivity contribution in [1.29, 1.82) is 0 Å². The molecular weight excluding hydrogens is 482 g/mol. The number of nitrogens with one attached hydrogen (secondary N) is 2. The van der Waals surface area contributed by atoms with Crippen molar-refractivity contribution < 1.29 is 0 Å². The van der Waals surface area contributed by atoms with E-state index < -0.39 is 0 Å². The second-order valence-electron chi connectivity index (χ2n) is 10.3. The van der Waals surface area contributed by atoms with Crippen LogP contribution in [0.25, 0.3) is 22.2 Å². The van der Waals surface area contributed by atoms with Crippen molar-refractivity contribution in [3.63, 3.8) is 0 Å². The maximum atomic E-state index is 5.35. The zero-order chi connectivity index (χ0) is 27.5. The third-order valence-corrected chi connectivity index (χ3v) is 6.93. The first kappa shape index (κ1) is 28.2. The molecule has 0 amide bonds. The van der Waals surface area contributed by atoms with E-state index in [1.807, 2.05) is 24.5 Å². The molecule has 0 aliphatic carbocycles. The predicted octanol–water partition coefficient (Wildman–Crippen LogP) is 7.55. The van der Waals surface area contributed by atoms with E-state index in [1.54, 1.807) is 0 Å². The smallest absolute Gasteiger partial charge is 0.153 e. The van der Waals surface area contributed by atoms with Crippen LogP contribution in [-0.4, -0.2) is 28.9 Å². The molecular formula is C32H41N7. The molecule has 4 aromatic rings. The number of benzene rings is 2. The number of amidine groups is 1. The number of rotatable bonds is 13. The Morgan fingerprint density at radius 1 is 0.974 bits per heavy atom. The van der Waals surface area contributed by atoms with Crippen molar-refractivity contribution in [3.8, 4) is 11.3 Å². The van der Waals surface area contributed by atoms with Gasteiger partial charge in [0.05, 0.1) is 5.69 Å². The fourth-order valence-corrected chi connectivity index (χ4v) is 5.07. The molecule has 0 radical (unpaired) electrons. The Bertz CT molecular complexity index is 1380. The lowest BCUT2D eigenvalue weighted by Crippen LogP contribution is -2.18. The first-order valence-electron chi connectivity index (χ1n) is 14.1. The van der Waals surface area contributed by atoms with Gasteiger partial charge in [-0.2, -0.15) is 0 Å². The standard InChI is InChI=1S/C32H41N7/c1-4-5-11-31(38-39-33)36-27-12-13-30-29(21-27)28(32(37-30)26-19-23(2)18-24(3)20-26)14-17-34-15-7-6-9-25-10-8-16-35-22-25/h8,10,12-13,16,18-22,34,37H,4-7,9,11,14-15,17H2,1-3H3,(H2,33,36,38). The number of hydrogen-bond donors (Lipinski definition) is 3. The van der Waals surface area contributed by atoms with Gasteiger partial charge in [0.25, 0.3) is 0 Å². The summed E-state index contributed by atoms with van der Waals surface area (Å²) in [7, 11) is 0. The first-order chi connectivity index (χ1) is 19.1. The maximum Gasteiger partial charge on any atom is 0.153 e. The van der Waals surface area contributed by atoms with Gasteiger partial charge in [0.1, 0.15) is 0 Å². The van der Waals surface area contributed by atoms with Crippen molar-refractivity contribution in [2.75, 3.05) is 13.1 Å². The van der Waals surface area contributed by atoms with E-state index in [1.165, 1.54) is 38.9 Å². The molecule has 204 valence electrons. The van der Waals surface area contributed by atoms with E-state index in [0.717, 1.165) is 69.2 Å². The van der Waals surface area contributed by atoms with Crippen LogP contribution in [0.4, 0.5) is 5.69 Å².